The number of halogens is 3. The topological polar surface area (TPSA) is 66.4 Å². The molecule has 0 radical (unpaired) electrons. The Morgan fingerprint density at radius 2 is 2.05 bits per heavy atom. The van der Waals surface area contributed by atoms with Gasteiger partial charge in [-0.3, -0.25) is 4.79 Å². The van der Waals surface area contributed by atoms with Gasteiger partial charge < -0.3 is 10.4 Å². The summed E-state index contributed by atoms with van der Waals surface area (Å²) in [7, 11) is 0. The Morgan fingerprint density at radius 1 is 1.36 bits per heavy atom. The lowest BCUT2D eigenvalue weighted by Gasteiger charge is -2.15. The minimum absolute atomic E-state index is 0.173. The van der Waals surface area contributed by atoms with Crippen LogP contribution in [0.15, 0.2) is 36.9 Å². The summed E-state index contributed by atoms with van der Waals surface area (Å²) >= 11 is 0. The maximum absolute atomic E-state index is 12.6. The van der Waals surface area contributed by atoms with Crippen molar-refractivity contribution < 1.29 is 27.9 Å². The van der Waals surface area contributed by atoms with Crippen molar-refractivity contribution in [2.45, 2.75) is 31.5 Å². The number of aliphatic carboxylic acids is 1. The van der Waals surface area contributed by atoms with Gasteiger partial charge in [-0.15, -0.1) is 6.58 Å². The van der Waals surface area contributed by atoms with E-state index in [1.807, 2.05) is 0 Å². The molecule has 0 spiro atoms. The van der Waals surface area contributed by atoms with Gasteiger partial charge in [0.05, 0.1) is 5.56 Å². The molecule has 1 amide bonds. The second-order valence-electron chi connectivity index (χ2n) is 4.66. The predicted molar refractivity (Wildman–Crippen MR) is 74.4 cm³/mol. The molecular weight excluding hydrogens is 299 g/mol. The minimum Gasteiger partial charge on any atom is -0.480 e. The number of amides is 1. The van der Waals surface area contributed by atoms with Crippen LogP contribution in [0.5, 0.6) is 0 Å². The number of carboxylic acid groups (broad SMARTS) is 1. The Kier molecular flexibility index (Phi) is 6.15. The molecule has 1 aromatic rings. The molecule has 0 aliphatic rings. The molecule has 1 aromatic carbocycles. The number of hydrogen-bond donors (Lipinski definition) is 2. The molecular formula is C15H16F3NO3. The largest absolute Gasteiger partial charge is 0.480 e. The lowest BCUT2D eigenvalue weighted by molar-refractivity contribution is -0.139. The van der Waals surface area contributed by atoms with E-state index in [4.69, 9.17) is 5.11 Å². The standard InChI is InChI=1S/C15H16F3NO3/c1-2-3-4-8-12(14(21)22)19-13(20)10-6-5-7-11(9-10)15(16,17)18/h2,5-7,9,12H,1,3-4,8H2,(H,19,20)(H,21,22)/t12-/m0/s1. The molecule has 0 fully saturated rings. The van der Waals surface area contributed by atoms with Crippen LogP contribution in [0, 0.1) is 0 Å². The first-order valence-corrected chi connectivity index (χ1v) is 6.57. The van der Waals surface area contributed by atoms with Crippen molar-refractivity contribution >= 4 is 11.9 Å². The van der Waals surface area contributed by atoms with E-state index in [-0.39, 0.29) is 12.0 Å². The Balaban J connectivity index is 2.81. The van der Waals surface area contributed by atoms with Gasteiger partial charge in [0.25, 0.3) is 5.91 Å². The quantitative estimate of drug-likeness (QED) is 0.599. The first kappa shape index (κ1) is 17.7. The number of carboxylic acids is 1. The van der Waals surface area contributed by atoms with Crippen LogP contribution in [0.3, 0.4) is 0 Å². The van der Waals surface area contributed by atoms with Crippen LogP contribution in [0.1, 0.15) is 35.2 Å². The number of allylic oxidation sites excluding steroid dienone is 1. The van der Waals surface area contributed by atoms with E-state index in [2.05, 4.69) is 11.9 Å². The summed E-state index contributed by atoms with van der Waals surface area (Å²) < 4.78 is 37.8. The zero-order valence-corrected chi connectivity index (χ0v) is 11.7. The predicted octanol–water partition coefficient (Wildman–Crippen LogP) is 3.24. The van der Waals surface area contributed by atoms with Gasteiger partial charge in [-0.25, -0.2) is 4.79 Å². The van der Waals surface area contributed by atoms with E-state index in [9.17, 15) is 22.8 Å². The fraction of sp³-hybridized carbons (Fsp3) is 0.333. The summed E-state index contributed by atoms with van der Waals surface area (Å²) in [5.41, 5.74) is -1.19. The van der Waals surface area contributed by atoms with Crippen LogP contribution >= 0.6 is 0 Å². The Labute approximate surface area is 125 Å². The van der Waals surface area contributed by atoms with Crippen LogP contribution in [-0.2, 0) is 11.0 Å². The number of alkyl halides is 3. The van der Waals surface area contributed by atoms with Gasteiger partial charge in [0.2, 0.25) is 0 Å². The second-order valence-corrected chi connectivity index (χ2v) is 4.66. The highest BCUT2D eigenvalue weighted by atomic mass is 19.4. The molecule has 0 saturated carbocycles. The molecule has 4 nitrogen and oxygen atoms in total. The van der Waals surface area contributed by atoms with Crippen molar-refractivity contribution in [2.75, 3.05) is 0 Å². The Morgan fingerprint density at radius 3 is 2.59 bits per heavy atom. The number of benzene rings is 1. The van der Waals surface area contributed by atoms with Crippen molar-refractivity contribution in [2.24, 2.45) is 0 Å². The van der Waals surface area contributed by atoms with E-state index in [1.54, 1.807) is 6.08 Å². The van der Waals surface area contributed by atoms with Gasteiger partial charge in [0.1, 0.15) is 6.04 Å². The monoisotopic (exact) mass is 315 g/mol. The zero-order valence-electron chi connectivity index (χ0n) is 11.7. The summed E-state index contributed by atoms with van der Waals surface area (Å²) in [5.74, 6) is -2.08. The van der Waals surface area contributed by atoms with Crippen molar-refractivity contribution in [3.63, 3.8) is 0 Å². The fourth-order valence-corrected chi connectivity index (χ4v) is 1.80. The van der Waals surface area contributed by atoms with Crippen molar-refractivity contribution in [3.05, 3.63) is 48.0 Å². The molecule has 1 atom stereocenters. The van der Waals surface area contributed by atoms with Crippen LogP contribution in [0.4, 0.5) is 13.2 Å². The third kappa shape index (κ3) is 5.23. The number of hydrogen-bond acceptors (Lipinski definition) is 2. The molecule has 0 saturated heterocycles. The maximum atomic E-state index is 12.6. The third-order valence-corrected chi connectivity index (χ3v) is 2.96. The summed E-state index contributed by atoms with van der Waals surface area (Å²) in [5, 5.41) is 11.3. The van der Waals surface area contributed by atoms with E-state index < -0.39 is 29.7 Å². The zero-order chi connectivity index (χ0) is 16.8. The molecule has 0 unspecified atom stereocenters. The molecule has 0 bridgehead atoms. The summed E-state index contributed by atoms with van der Waals surface area (Å²) in [6.45, 7) is 3.50. The molecule has 0 aromatic heterocycles. The number of nitrogens with one attached hydrogen (secondary N) is 1. The smallest absolute Gasteiger partial charge is 0.416 e. The molecule has 0 heterocycles. The SMILES string of the molecule is C=CCCC[C@H](NC(=O)c1cccc(C(F)(F)F)c1)C(=O)O. The Hall–Kier alpha value is -2.31. The van der Waals surface area contributed by atoms with Gasteiger partial charge >= 0.3 is 12.1 Å². The van der Waals surface area contributed by atoms with Crippen molar-refractivity contribution in [1.29, 1.82) is 0 Å². The lowest BCUT2D eigenvalue weighted by Crippen LogP contribution is -2.40. The summed E-state index contributed by atoms with van der Waals surface area (Å²) in [6, 6.07) is 2.69. The Bertz CT molecular complexity index is 555. The molecule has 0 aliphatic heterocycles. The van der Waals surface area contributed by atoms with E-state index >= 15 is 0 Å². The number of carbonyl (C=O) groups excluding carboxylic acids is 1. The molecule has 7 heteroatoms. The van der Waals surface area contributed by atoms with E-state index in [1.165, 1.54) is 6.07 Å². The van der Waals surface area contributed by atoms with Crippen molar-refractivity contribution in [1.82, 2.24) is 5.32 Å². The average Bonchev–Trinajstić information content (AvgIpc) is 2.45. The van der Waals surface area contributed by atoms with E-state index in [0.29, 0.717) is 18.9 Å². The van der Waals surface area contributed by atoms with Gasteiger partial charge in [-0.05, 0) is 37.5 Å². The number of rotatable bonds is 7. The van der Waals surface area contributed by atoms with Crippen LogP contribution < -0.4 is 5.32 Å². The normalized spacial score (nSPS) is 12.5. The second kappa shape index (κ2) is 7.63. The molecule has 2 N–H and O–H groups in total. The number of carbonyl (C=O) groups is 2. The van der Waals surface area contributed by atoms with E-state index in [0.717, 1.165) is 12.1 Å². The average molecular weight is 315 g/mol. The highest BCUT2D eigenvalue weighted by molar-refractivity contribution is 5.96. The van der Waals surface area contributed by atoms with Gasteiger partial charge in [-0.1, -0.05) is 12.1 Å². The van der Waals surface area contributed by atoms with Crippen LogP contribution in [0.2, 0.25) is 0 Å². The van der Waals surface area contributed by atoms with Crippen LogP contribution in [-0.4, -0.2) is 23.0 Å². The molecule has 120 valence electrons. The van der Waals surface area contributed by atoms with Crippen LogP contribution in [0.25, 0.3) is 0 Å². The van der Waals surface area contributed by atoms with Crippen molar-refractivity contribution in [3.8, 4) is 0 Å². The van der Waals surface area contributed by atoms with Gasteiger partial charge in [0.15, 0.2) is 0 Å². The lowest BCUT2D eigenvalue weighted by atomic mass is 10.1. The van der Waals surface area contributed by atoms with Gasteiger partial charge in [-0.2, -0.15) is 13.2 Å². The first-order valence-electron chi connectivity index (χ1n) is 6.57. The molecule has 0 aliphatic carbocycles. The highest BCUT2D eigenvalue weighted by Crippen LogP contribution is 2.29. The maximum Gasteiger partial charge on any atom is 0.416 e. The number of unbranched alkanes of at least 4 members (excludes halogenated alkanes) is 1. The minimum atomic E-state index is -4.56. The van der Waals surface area contributed by atoms with Gasteiger partial charge in [0, 0.05) is 5.56 Å². The molecule has 1 rings (SSSR count). The highest BCUT2D eigenvalue weighted by Gasteiger charge is 2.31. The summed E-state index contributed by atoms with van der Waals surface area (Å²) in [4.78, 5) is 23.0. The molecule has 22 heavy (non-hydrogen) atoms. The fourth-order valence-electron chi connectivity index (χ4n) is 1.80. The first-order chi connectivity index (χ1) is 10.3. The summed E-state index contributed by atoms with van der Waals surface area (Å²) in [6.07, 6.45) is -1.68. The third-order valence-electron chi connectivity index (χ3n) is 2.96.